The highest BCUT2D eigenvalue weighted by molar-refractivity contribution is 7.98. The SMILES string of the molecule is CC[C@@H](C)NS(=O)(=O)c1ccc(OCC(=O)N[C@H](C)c2ccc(SC)cc2)cc1. The van der Waals surface area contributed by atoms with Crippen molar-refractivity contribution < 1.29 is 17.9 Å². The Morgan fingerprint density at radius 3 is 2.24 bits per heavy atom. The molecule has 2 rings (SSSR count). The summed E-state index contributed by atoms with van der Waals surface area (Å²) in [5, 5.41) is 2.89. The third-order valence-electron chi connectivity index (χ3n) is 4.47. The average molecular weight is 437 g/mol. The minimum atomic E-state index is -3.56. The largest absolute Gasteiger partial charge is 0.484 e. The number of hydrogen-bond donors (Lipinski definition) is 2. The Morgan fingerprint density at radius 2 is 1.69 bits per heavy atom. The van der Waals surface area contributed by atoms with Gasteiger partial charge in [-0.05, 0) is 68.5 Å². The molecular formula is C21H28N2O4S2. The fraction of sp³-hybridized carbons (Fsp3) is 0.381. The van der Waals surface area contributed by atoms with Crippen molar-refractivity contribution in [1.82, 2.24) is 10.0 Å². The zero-order chi connectivity index (χ0) is 21.4. The van der Waals surface area contributed by atoms with Gasteiger partial charge >= 0.3 is 0 Å². The van der Waals surface area contributed by atoms with Gasteiger partial charge in [-0.1, -0.05) is 19.1 Å². The average Bonchev–Trinajstić information content (AvgIpc) is 2.72. The van der Waals surface area contributed by atoms with Crippen LogP contribution in [0.4, 0.5) is 0 Å². The standard InChI is InChI=1S/C21H28N2O4S2/c1-5-15(2)23-29(25,26)20-12-8-18(9-13-20)27-14-21(24)22-16(3)17-6-10-19(28-4)11-7-17/h6-13,15-16,23H,5,14H2,1-4H3,(H,22,24)/t15-,16-/m1/s1. The second-order valence-electron chi connectivity index (χ2n) is 6.75. The number of ether oxygens (including phenoxy) is 1. The lowest BCUT2D eigenvalue weighted by Crippen LogP contribution is -2.32. The Balaban J connectivity index is 1.88. The molecule has 0 unspecified atom stereocenters. The Kier molecular flexibility index (Phi) is 8.55. The molecule has 2 N–H and O–H groups in total. The van der Waals surface area contributed by atoms with Crippen LogP contribution in [0, 0.1) is 0 Å². The maximum absolute atomic E-state index is 12.3. The first-order valence-corrected chi connectivity index (χ1v) is 12.1. The van der Waals surface area contributed by atoms with Crippen LogP contribution in [0.25, 0.3) is 0 Å². The van der Waals surface area contributed by atoms with Crippen LogP contribution in [0.3, 0.4) is 0 Å². The van der Waals surface area contributed by atoms with E-state index in [1.807, 2.05) is 51.3 Å². The van der Waals surface area contributed by atoms with Crippen LogP contribution in [-0.4, -0.2) is 33.2 Å². The maximum atomic E-state index is 12.3. The van der Waals surface area contributed by atoms with E-state index < -0.39 is 10.0 Å². The summed E-state index contributed by atoms with van der Waals surface area (Å²) in [5.74, 6) is 0.182. The van der Waals surface area contributed by atoms with E-state index in [1.54, 1.807) is 23.9 Å². The zero-order valence-corrected chi connectivity index (χ0v) is 18.8. The first kappa shape index (κ1) is 23.3. The minimum absolute atomic E-state index is 0.138. The second kappa shape index (κ2) is 10.7. The van der Waals surface area contributed by atoms with Crippen molar-refractivity contribution in [2.24, 2.45) is 0 Å². The van der Waals surface area contributed by atoms with Crippen LogP contribution in [-0.2, 0) is 14.8 Å². The Hall–Kier alpha value is -2.03. The van der Waals surface area contributed by atoms with Crippen LogP contribution in [0.1, 0.15) is 38.8 Å². The van der Waals surface area contributed by atoms with Gasteiger partial charge in [0.15, 0.2) is 6.61 Å². The molecule has 0 fully saturated rings. The molecule has 0 spiro atoms. The molecule has 29 heavy (non-hydrogen) atoms. The molecule has 0 aliphatic carbocycles. The van der Waals surface area contributed by atoms with Gasteiger partial charge in [0.25, 0.3) is 5.91 Å². The van der Waals surface area contributed by atoms with E-state index >= 15 is 0 Å². The number of carbonyl (C=O) groups is 1. The Bertz CT molecular complexity index is 897. The topological polar surface area (TPSA) is 84.5 Å². The molecule has 0 heterocycles. The number of carbonyl (C=O) groups excluding carboxylic acids is 1. The summed E-state index contributed by atoms with van der Waals surface area (Å²) in [6.07, 6.45) is 2.72. The molecule has 2 aromatic rings. The third-order valence-corrected chi connectivity index (χ3v) is 6.81. The summed E-state index contributed by atoms with van der Waals surface area (Å²) in [6.45, 7) is 5.49. The third kappa shape index (κ3) is 7.06. The van der Waals surface area contributed by atoms with E-state index in [9.17, 15) is 13.2 Å². The van der Waals surface area contributed by atoms with Crippen molar-refractivity contribution >= 4 is 27.7 Å². The first-order chi connectivity index (χ1) is 13.7. The summed E-state index contributed by atoms with van der Waals surface area (Å²) < 4.78 is 32.6. The van der Waals surface area contributed by atoms with Gasteiger partial charge in [-0.25, -0.2) is 13.1 Å². The van der Waals surface area contributed by atoms with Crippen molar-refractivity contribution in [3.05, 3.63) is 54.1 Å². The monoisotopic (exact) mass is 436 g/mol. The number of rotatable bonds is 10. The lowest BCUT2D eigenvalue weighted by Gasteiger charge is -2.15. The van der Waals surface area contributed by atoms with E-state index in [-0.39, 0.29) is 29.5 Å². The molecule has 0 aromatic heterocycles. The molecule has 6 nitrogen and oxygen atoms in total. The Labute approximate surface area is 177 Å². The smallest absolute Gasteiger partial charge is 0.258 e. The molecule has 8 heteroatoms. The molecule has 0 aliphatic heterocycles. The summed E-state index contributed by atoms with van der Waals surface area (Å²) in [7, 11) is -3.56. The first-order valence-electron chi connectivity index (χ1n) is 9.43. The van der Waals surface area contributed by atoms with Crippen LogP contribution >= 0.6 is 11.8 Å². The molecular weight excluding hydrogens is 408 g/mol. The predicted molar refractivity (Wildman–Crippen MR) is 117 cm³/mol. The van der Waals surface area contributed by atoms with Gasteiger partial charge in [0, 0.05) is 10.9 Å². The number of benzene rings is 2. The van der Waals surface area contributed by atoms with Crippen LogP contribution in [0.15, 0.2) is 58.3 Å². The lowest BCUT2D eigenvalue weighted by atomic mass is 10.1. The molecule has 0 radical (unpaired) electrons. The Morgan fingerprint density at radius 1 is 1.07 bits per heavy atom. The van der Waals surface area contributed by atoms with Crippen molar-refractivity contribution in [2.75, 3.05) is 12.9 Å². The highest BCUT2D eigenvalue weighted by atomic mass is 32.2. The van der Waals surface area contributed by atoms with E-state index in [0.717, 1.165) is 5.56 Å². The van der Waals surface area contributed by atoms with Crippen molar-refractivity contribution in [2.45, 2.75) is 49.1 Å². The zero-order valence-electron chi connectivity index (χ0n) is 17.1. The number of hydrogen-bond acceptors (Lipinski definition) is 5. The van der Waals surface area contributed by atoms with E-state index in [0.29, 0.717) is 12.2 Å². The maximum Gasteiger partial charge on any atom is 0.258 e. The van der Waals surface area contributed by atoms with E-state index in [2.05, 4.69) is 10.0 Å². The minimum Gasteiger partial charge on any atom is -0.484 e. The number of sulfonamides is 1. The van der Waals surface area contributed by atoms with E-state index in [4.69, 9.17) is 4.74 Å². The van der Waals surface area contributed by atoms with Crippen LogP contribution in [0.5, 0.6) is 5.75 Å². The van der Waals surface area contributed by atoms with Gasteiger partial charge < -0.3 is 10.1 Å². The van der Waals surface area contributed by atoms with E-state index in [1.165, 1.54) is 17.0 Å². The molecule has 2 atom stereocenters. The fourth-order valence-corrected chi connectivity index (χ4v) is 4.27. The second-order valence-corrected chi connectivity index (χ2v) is 9.35. The number of thioether (sulfide) groups is 1. The van der Waals surface area contributed by atoms with Crippen molar-refractivity contribution in [3.8, 4) is 5.75 Å². The van der Waals surface area contributed by atoms with Gasteiger partial charge in [0.1, 0.15) is 5.75 Å². The highest BCUT2D eigenvalue weighted by Crippen LogP contribution is 2.19. The summed E-state index contributed by atoms with van der Waals surface area (Å²) in [5.41, 5.74) is 1.01. The van der Waals surface area contributed by atoms with Gasteiger partial charge in [0.05, 0.1) is 10.9 Å². The summed E-state index contributed by atoms with van der Waals surface area (Å²) in [4.78, 5) is 13.5. The van der Waals surface area contributed by atoms with Crippen molar-refractivity contribution in [1.29, 1.82) is 0 Å². The van der Waals surface area contributed by atoms with Gasteiger partial charge in [0.2, 0.25) is 10.0 Å². The quantitative estimate of drug-likeness (QED) is 0.554. The molecule has 0 saturated carbocycles. The van der Waals surface area contributed by atoms with Crippen molar-refractivity contribution in [3.63, 3.8) is 0 Å². The normalized spacial score (nSPS) is 13.5. The predicted octanol–water partition coefficient (Wildman–Crippen LogP) is 3.74. The molecule has 0 aliphatic rings. The van der Waals surface area contributed by atoms with Crippen LogP contribution < -0.4 is 14.8 Å². The van der Waals surface area contributed by atoms with Gasteiger partial charge in [-0.3, -0.25) is 4.79 Å². The molecule has 158 valence electrons. The lowest BCUT2D eigenvalue weighted by molar-refractivity contribution is -0.123. The summed E-state index contributed by atoms with van der Waals surface area (Å²) in [6, 6.07) is 13.8. The number of amides is 1. The van der Waals surface area contributed by atoms with Gasteiger partial charge in [-0.15, -0.1) is 11.8 Å². The number of nitrogens with one attached hydrogen (secondary N) is 2. The van der Waals surface area contributed by atoms with Crippen LogP contribution in [0.2, 0.25) is 0 Å². The molecule has 2 aromatic carbocycles. The van der Waals surface area contributed by atoms with Gasteiger partial charge in [-0.2, -0.15) is 0 Å². The molecule has 1 amide bonds. The molecule has 0 bridgehead atoms. The molecule has 0 saturated heterocycles. The fourth-order valence-electron chi connectivity index (χ4n) is 2.54. The summed E-state index contributed by atoms with van der Waals surface area (Å²) >= 11 is 1.67. The highest BCUT2D eigenvalue weighted by Gasteiger charge is 2.16.